The van der Waals surface area contributed by atoms with Gasteiger partial charge in [0.1, 0.15) is 5.75 Å². The van der Waals surface area contributed by atoms with Crippen LogP contribution >= 0.6 is 31.9 Å². The first-order valence-electron chi connectivity index (χ1n) is 7.50. The second kappa shape index (κ2) is 9.33. The topological polar surface area (TPSA) is 64.6 Å². The maximum Gasteiger partial charge on any atom is 0.330 e. The van der Waals surface area contributed by atoms with Gasteiger partial charge in [-0.1, -0.05) is 13.0 Å². The molecule has 1 aromatic rings. The molecule has 0 bridgehead atoms. The molecule has 0 aliphatic carbocycles. The van der Waals surface area contributed by atoms with E-state index in [2.05, 4.69) is 41.9 Å². The van der Waals surface area contributed by atoms with Crippen LogP contribution in [0.3, 0.4) is 0 Å². The average Bonchev–Trinajstić information content (AvgIpc) is 2.54. The van der Waals surface area contributed by atoms with Crippen LogP contribution in [-0.2, 0) is 14.3 Å². The van der Waals surface area contributed by atoms with Gasteiger partial charge in [-0.25, -0.2) is 9.18 Å². The van der Waals surface area contributed by atoms with Crippen LogP contribution in [0.5, 0.6) is 5.75 Å². The van der Waals surface area contributed by atoms with E-state index in [9.17, 15) is 14.0 Å². The van der Waals surface area contributed by atoms with Crippen LogP contribution in [0.15, 0.2) is 33.2 Å². The minimum absolute atomic E-state index is 0.230. The molecule has 0 aromatic heterocycles. The second-order valence-corrected chi connectivity index (χ2v) is 7.49. The normalized spacial score (nSPS) is 12.8. The maximum atomic E-state index is 13.6. The highest BCUT2D eigenvalue weighted by Gasteiger charge is 2.25. The number of hydrogen-bond donors (Lipinski definition) is 1. The largest absolute Gasteiger partial charge is 0.481 e. The molecule has 5 nitrogen and oxygen atoms in total. The molecule has 0 radical (unpaired) electrons. The zero-order valence-corrected chi connectivity index (χ0v) is 17.5. The van der Waals surface area contributed by atoms with Gasteiger partial charge in [0, 0.05) is 6.08 Å². The van der Waals surface area contributed by atoms with E-state index in [-0.39, 0.29) is 14.9 Å². The van der Waals surface area contributed by atoms with Gasteiger partial charge in [0.05, 0.1) is 21.6 Å². The van der Waals surface area contributed by atoms with Gasteiger partial charge in [0.15, 0.2) is 11.9 Å². The van der Waals surface area contributed by atoms with Crippen molar-refractivity contribution in [2.45, 2.75) is 38.8 Å². The number of amides is 1. The Morgan fingerprint density at radius 2 is 1.88 bits per heavy atom. The molecule has 0 saturated heterocycles. The van der Waals surface area contributed by atoms with Gasteiger partial charge in [-0.15, -0.1) is 0 Å². The molecule has 0 heterocycles. The molecule has 0 aliphatic rings. The Hall–Kier alpha value is -1.41. The van der Waals surface area contributed by atoms with E-state index in [1.807, 2.05) is 0 Å². The Labute approximate surface area is 163 Å². The summed E-state index contributed by atoms with van der Waals surface area (Å²) < 4.78 is 24.3. The highest BCUT2D eigenvalue weighted by molar-refractivity contribution is 9.11. The molecule has 0 spiro atoms. The zero-order chi connectivity index (χ0) is 19.2. The Morgan fingerprint density at radius 1 is 1.32 bits per heavy atom. The van der Waals surface area contributed by atoms with Gasteiger partial charge in [-0.3, -0.25) is 4.79 Å². The number of carbonyl (C=O) groups excluding carboxylic acids is 2. The lowest BCUT2D eigenvalue weighted by molar-refractivity contribution is -0.135. The van der Waals surface area contributed by atoms with Crippen LogP contribution in [0, 0.1) is 5.82 Å². The molecule has 8 heteroatoms. The number of halogens is 3. The molecule has 25 heavy (non-hydrogen) atoms. The minimum Gasteiger partial charge on any atom is -0.481 e. The first kappa shape index (κ1) is 21.6. The van der Waals surface area contributed by atoms with E-state index in [4.69, 9.17) is 4.74 Å². The fourth-order valence-electron chi connectivity index (χ4n) is 1.87. The third kappa shape index (κ3) is 6.78. The summed E-state index contributed by atoms with van der Waals surface area (Å²) in [5, 5.41) is 2.79. The summed E-state index contributed by atoms with van der Waals surface area (Å²) in [5.41, 5.74) is -0.772. The van der Waals surface area contributed by atoms with Crippen molar-refractivity contribution in [3.05, 3.63) is 39.0 Å². The van der Waals surface area contributed by atoms with Crippen LogP contribution < -0.4 is 10.1 Å². The van der Waals surface area contributed by atoms with Crippen LogP contribution in [0.1, 0.15) is 27.2 Å². The van der Waals surface area contributed by atoms with E-state index in [1.165, 1.54) is 31.4 Å². The third-order valence-corrected chi connectivity index (χ3v) is 4.34. The Balaban J connectivity index is 2.84. The van der Waals surface area contributed by atoms with Crippen molar-refractivity contribution in [2.24, 2.45) is 0 Å². The van der Waals surface area contributed by atoms with E-state index >= 15 is 0 Å². The SMILES string of the molecule is CC[C@@H](Oc1cc(Br)c(F)c(Br)c1)C(=O)NC(C)(C)/C=C/C(=O)OC. The van der Waals surface area contributed by atoms with E-state index in [0.717, 1.165) is 0 Å². The van der Waals surface area contributed by atoms with Crippen LogP contribution in [0.25, 0.3) is 0 Å². The first-order chi connectivity index (χ1) is 11.6. The molecule has 0 saturated carbocycles. The second-order valence-electron chi connectivity index (χ2n) is 5.78. The number of hydrogen-bond acceptors (Lipinski definition) is 4. The van der Waals surface area contributed by atoms with E-state index in [1.54, 1.807) is 20.8 Å². The quantitative estimate of drug-likeness (QED) is 0.362. The molecule has 0 aliphatic heterocycles. The molecule has 1 amide bonds. The van der Waals surface area contributed by atoms with Crippen molar-refractivity contribution in [1.82, 2.24) is 5.32 Å². The minimum atomic E-state index is -0.772. The smallest absolute Gasteiger partial charge is 0.330 e. The summed E-state index contributed by atoms with van der Waals surface area (Å²) >= 11 is 6.19. The maximum absolute atomic E-state index is 13.6. The zero-order valence-electron chi connectivity index (χ0n) is 14.4. The van der Waals surface area contributed by atoms with Crippen LogP contribution in [0.4, 0.5) is 4.39 Å². The van der Waals surface area contributed by atoms with E-state index in [0.29, 0.717) is 12.2 Å². The molecule has 138 valence electrons. The molecule has 1 aromatic carbocycles. The Morgan fingerprint density at radius 3 is 2.36 bits per heavy atom. The number of benzene rings is 1. The number of rotatable bonds is 7. The third-order valence-electron chi connectivity index (χ3n) is 3.18. The monoisotopic (exact) mass is 479 g/mol. The lowest BCUT2D eigenvalue weighted by Crippen LogP contribution is -2.48. The summed E-state index contributed by atoms with van der Waals surface area (Å²) in [6.45, 7) is 5.28. The molecule has 1 atom stereocenters. The lowest BCUT2D eigenvalue weighted by Gasteiger charge is -2.26. The van der Waals surface area contributed by atoms with Crippen molar-refractivity contribution in [1.29, 1.82) is 0 Å². The fraction of sp³-hybridized carbons (Fsp3) is 0.412. The Bertz CT molecular complexity index is 654. The number of esters is 1. The summed E-state index contributed by atoms with van der Waals surface area (Å²) in [5.74, 6) is -0.950. The van der Waals surface area contributed by atoms with Gasteiger partial charge in [-0.2, -0.15) is 0 Å². The van der Waals surface area contributed by atoms with Crippen molar-refractivity contribution in [3.63, 3.8) is 0 Å². The highest BCUT2D eigenvalue weighted by atomic mass is 79.9. The molecular weight excluding hydrogens is 461 g/mol. The number of ether oxygens (including phenoxy) is 2. The van der Waals surface area contributed by atoms with Crippen molar-refractivity contribution in [2.75, 3.05) is 7.11 Å². The number of nitrogens with one attached hydrogen (secondary N) is 1. The fourth-order valence-corrected chi connectivity index (χ4v) is 3.02. The number of methoxy groups -OCH3 is 1. The first-order valence-corrected chi connectivity index (χ1v) is 9.08. The molecule has 1 rings (SSSR count). The lowest BCUT2D eigenvalue weighted by atomic mass is 10.0. The average molecular weight is 481 g/mol. The standard InChI is InChI=1S/C17H20Br2FNO4/c1-5-13(25-10-8-11(18)15(20)12(19)9-10)16(23)21-17(2,3)7-6-14(22)24-4/h6-9,13H,5H2,1-4H3,(H,21,23)/b7-6+/t13-/m1/s1. The predicted molar refractivity (Wildman–Crippen MR) is 99.9 cm³/mol. The van der Waals surface area contributed by atoms with Crippen molar-refractivity contribution in [3.8, 4) is 5.75 Å². The van der Waals surface area contributed by atoms with Gasteiger partial charge in [-0.05, 0) is 64.3 Å². The van der Waals surface area contributed by atoms with Crippen LogP contribution in [-0.4, -0.2) is 30.6 Å². The molecule has 0 unspecified atom stereocenters. The summed E-state index contributed by atoms with van der Waals surface area (Å²) in [6, 6.07) is 2.91. The number of carbonyl (C=O) groups is 2. The van der Waals surface area contributed by atoms with Crippen molar-refractivity contribution >= 4 is 43.7 Å². The van der Waals surface area contributed by atoms with Crippen molar-refractivity contribution < 1.29 is 23.5 Å². The summed E-state index contributed by atoms with van der Waals surface area (Å²) in [6.07, 6.45) is 2.43. The van der Waals surface area contributed by atoms with Crippen LogP contribution in [0.2, 0.25) is 0 Å². The molecule has 1 N–H and O–H groups in total. The highest BCUT2D eigenvalue weighted by Crippen LogP contribution is 2.30. The van der Waals surface area contributed by atoms with E-state index < -0.39 is 23.4 Å². The Kier molecular flexibility index (Phi) is 8.08. The molecule has 0 fully saturated rings. The summed E-state index contributed by atoms with van der Waals surface area (Å²) in [4.78, 5) is 23.6. The van der Waals surface area contributed by atoms with Gasteiger partial charge < -0.3 is 14.8 Å². The van der Waals surface area contributed by atoms with Gasteiger partial charge >= 0.3 is 5.97 Å². The van der Waals surface area contributed by atoms with Gasteiger partial charge in [0.2, 0.25) is 0 Å². The molecular formula is C17H20Br2FNO4. The van der Waals surface area contributed by atoms with Gasteiger partial charge in [0.25, 0.3) is 5.91 Å². The predicted octanol–water partition coefficient (Wildman–Crippen LogP) is 4.13. The summed E-state index contributed by atoms with van der Waals surface area (Å²) in [7, 11) is 1.28.